The lowest BCUT2D eigenvalue weighted by molar-refractivity contribution is 0.266. The molecule has 1 saturated carbocycles. The van der Waals surface area contributed by atoms with Crippen LogP contribution in [0.3, 0.4) is 0 Å². The Hall–Kier alpha value is -2.62. The summed E-state index contributed by atoms with van der Waals surface area (Å²) >= 11 is 0. The number of nitrogens with zero attached hydrogens (tertiary/aromatic N) is 9. The molecule has 1 N–H and O–H groups in total. The van der Waals surface area contributed by atoms with Crippen LogP contribution in [0.4, 0.5) is 5.82 Å². The van der Waals surface area contributed by atoms with E-state index in [4.69, 9.17) is 9.97 Å². The summed E-state index contributed by atoms with van der Waals surface area (Å²) in [7, 11) is 0. The molecule has 0 aromatic carbocycles. The van der Waals surface area contributed by atoms with Gasteiger partial charge in [-0.25, -0.2) is 19.6 Å². The Morgan fingerprint density at radius 1 is 1.17 bits per heavy atom. The van der Waals surface area contributed by atoms with Crippen LogP contribution in [0.1, 0.15) is 64.1 Å². The van der Waals surface area contributed by atoms with Gasteiger partial charge in [0.15, 0.2) is 22.8 Å². The maximum atomic E-state index is 9.83. The standard InChI is InChI=1S/C19H27N9O/c1-19(2,3)18-21-16-15(17(22-18)27-8-4-5-13(27)10-29)20-11-26(16)9-14-23-24-25-28(14)12-6-7-12/h11-13,29H,4-10H2,1-3H3/t13-/m1/s1. The van der Waals surface area contributed by atoms with E-state index in [1.807, 2.05) is 9.25 Å². The van der Waals surface area contributed by atoms with Crippen LogP contribution in [0.2, 0.25) is 0 Å². The van der Waals surface area contributed by atoms with Crippen molar-refractivity contribution >= 4 is 17.0 Å². The van der Waals surface area contributed by atoms with Gasteiger partial charge in [0.1, 0.15) is 5.82 Å². The lowest BCUT2D eigenvalue weighted by atomic mass is 9.95. The maximum Gasteiger partial charge on any atom is 0.171 e. The molecule has 1 saturated heterocycles. The Balaban J connectivity index is 1.61. The molecular weight excluding hydrogens is 370 g/mol. The lowest BCUT2D eigenvalue weighted by Gasteiger charge is -2.26. The van der Waals surface area contributed by atoms with Gasteiger partial charge in [0.05, 0.1) is 31.6 Å². The molecule has 1 aliphatic heterocycles. The topological polar surface area (TPSA) is 111 Å². The zero-order valence-electron chi connectivity index (χ0n) is 17.2. The second-order valence-corrected chi connectivity index (χ2v) is 9.11. The highest BCUT2D eigenvalue weighted by molar-refractivity contribution is 5.84. The van der Waals surface area contributed by atoms with Gasteiger partial charge in [-0.05, 0) is 36.1 Å². The van der Waals surface area contributed by atoms with E-state index in [9.17, 15) is 5.11 Å². The second-order valence-electron chi connectivity index (χ2n) is 9.11. The highest BCUT2D eigenvalue weighted by Gasteiger charge is 2.31. The van der Waals surface area contributed by atoms with Gasteiger partial charge in [-0.15, -0.1) is 5.10 Å². The highest BCUT2D eigenvalue weighted by atomic mass is 16.3. The van der Waals surface area contributed by atoms with Crippen LogP contribution in [-0.2, 0) is 12.0 Å². The van der Waals surface area contributed by atoms with E-state index >= 15 is 0 Å². The predicted octanol–water partition coefficient (Wildman–Crippen LogP) is 1.45. The first-order valence-electron chi connectivity index (χ1n) is 10.3. The SMILES string of the molecule is CC(C)(C)c1nc(N2CCC[C@@H]2CO)c2ncn(Cc3nnnn3C3CC3)c2n1. The molecule has 2 fully saturated rings. The molecule has 154 valence electrons. The fourth-order valence-corrected chi connectivity index (χ4v) is 3.96. The molecule has 0 amide bonds. The Bertz CT molecular complexity index is 1030. The van der Waals surface area contributed by atoms with E-state index in [2.05, 4.69) is 46.2 Å². The van der Waals surface area contributed by atoms with Crippen molar-refractivity contribution in [2.45, 2.75) is 70.5 Å². The number of rotatable bonds is 5. The summed E-state index contributed by atoms with van der Waals surface area (Å²) in [5, 5.41) is 22.1. The number of aromatic nitrogens is 8. The van der Waals surface area contributed by atoms with Gasteiger partial charge in [0.2, 0.25) is 0 Å². The van der Waals surface area contributed by atoms with E-state index in [0.717, 1.165) is 60.9 Å². The molecule has 0 radical (unpaired) electrons. The Morgan fingerprint density at radius 3 is 2.72 bits per heavy atom. The predicted molar refractivity (Wildman–Crippen MR) is 107 cm³/mol. The highest BCUT2D eigenvalue weighted by Crippen LogP contribution is 2.35. The number of fused-ring (bicyclic) bond motifs is 1. The summed E-state index contributed by atoms with van der Waals surface area (Å²) < 4.78 is 3.92. The summed E-state index contributed by atoms with van der Waals surface area (Å²) in [6.45, 7) is 7.84. The van der Waals surface area contributed by atoms with Crippen LogP contribution < -0.4 is 4.90 Å². The van der Waals surface area contributed by atoms with Crippen molar-refractivity contribution in [1.82, 2.24) is 39.7 Å². The normalized spacial score (nSPS) is 20.1. The third-order valence-corrected chi connectivity index (χ3v) is 5.74. The Kier molecular flexibility index (Phi) is 4.27. The molecule has 3 aromatic heterocycles. The number of anilines is 1. The van der Waals surface area contributed by atoms with Crippen molar-refractivity contribution in [3.8, 4) is 0 Å². The van der Waals surface area contributed by atoms with Crippen LogP contribution in [-0.4, -0.2) is 64.0 Å². The van der Waals surface area contributed by atoms with Crippen molar-refractivity contribution in [1.29, 1.82) is 0 Å². The summed E-state index contributed by atoms with van der Waals surface area (Å²) in [6.07, 6.45) is 6.05. The van der Waals surface area contributed by atoms with E-state index in [-0.39, 0.29) is 18.1 Å². The van der Waals surface area contributed by atoms with Gasteiger partial charge in [-0.1, -0.05) is 20.8 Å². The minimum absolute atomic E-state index is 0.0771. The maximum absolute atomic E-state index is 9.83. The molecule has 2 aliphatic rings. The number of aliphatic hydroxyl groups excluding tert-OH is 1. The minimum atomic E-state index is -0.206. The Morgan fingerprint density at radius 2 is 2.00 bits per heavy atom. The molecule has 1 aliphatic carbocycles. The molecular formula is C19H27N9O. The van der Waals surface area contributed by atoms with Crippen molar-refractivity contribution in [2.24, 2.45) is 0 Å². The molecule has 10 heteroatoms. The number of hydrogen-bond donors (Lipinski definition) is 1. The molecule has 0 bridgehead atoms. The van der Waals surface area contributed by atoms with Crippen LogP contribution in [0, 0.1) is 0 Å². The van der Waals surface area contributed by atoms with Gasteiger partial charge < -0.3 is 14.6 Å². The number of tetrazole rings is 1. The first-order valence-corrected chi connectivity index (χ1v) is 10.3. The first kappa shape index (κ1) is 18.4. The molecule has 0 unspecified atom stereocenters. The van der Waals surface area contributed by atoms with Crippen molar-refractivity contribution in [2.75, 3.05) is 18.1 Å². The molecule has 3 aromatic rings. The minimum Gasteiger partial charge on any atom is -0.394 e. The van der Waals surface area contributed by atoms with Gasteiger partial charge >= 0.3 is 0 Å². The quantitative estimate of drug-likeness (QED) is 0.689. The smallest absolute Gasteiger partial charge is 0.171 e. The average molecular weight is 397 g/mol. The van der Waals surface area contributed by atoms with Crippen LogP contribution >= 0.6 is 0 Å². The summed E-state index contributed by atoms with van der Waals surface area (Å²) in [5.41, 5.74) is 1.35. The third-order valence-electron chi connectivity index (χ3n) is 5.74. The summed E-state index contributed by atoms with van der Waals surface area (Å²) in [5.74, 6) is 2.41. The van der Waals surface area contributed by atoms with Crippen LogP contribution in [0.15, 0.2) is 6.33 Å². The summed E-state index contributed by atoms with van der Waals surface area (Å²) in [4.78, 5) is 16.6. The van der Waals surface area contributed by atoms with E-state index < -0.39 is 0 Å². The van der Waals surface area contributed by atoms with E-state index in [0.29, 0.717) is 12.6 Å². The molecule has 29 heavy (non-hydrogen) atoms. The fourth-order valence-electron chi connectivity index (χ4n) is 3.96. The van der Waals surface area contributed by atoms with Crippen molar-refractivity contribution < 1.29 is 5.11 Å². The van der Waals surface area contributed by atoms with E-state index in [1.54, 1.807) is 6.33 Å². The lowest BCUT2D eigenvalue weighted by Crippen LogP contribution is -2.34. The molecule has 4 heterocycles. The van der Waals surface area contributed by atoms with Gasteiger partial charge in [-0.2, -0.15) is 0 Å². The van der Waals surface area contributed by atoms with Gasteiger partial charge in [0, 0.05) is 12.0 Å². The molecule has 10 nitrogen and oxygen atoms in total. The third kappa shape index (κ3) is 3.25. The largest absolute Gasteiger partial charge is 0.394 e. The number of aliphatic hydroxyl groups is 1. The number of hydrogen-bond acceptors (Lipinski definition) is 8. The van der Waals surface area contributed by atoms with Gasteiger partial charge in [0.25, 0.3) is 0 Å². The fraction of sp³-hybridized carbons (Fsp3) is 0.684. The zero-order chi connectivity index (χ0) is 20.2. The zero-order valence-corrected chi connectivity index (χ0v) is 17.2. The molecule has 1 atom stereocenters. The van der Waals surface area contributed by atoms with Crippen LogP contribution in [0.25, 0.3) is 11.2 Å². The number of imidazole rings is 1. The van der Waals surface area contributed by atoms with Gasteiger partial charge in [-0.3, -0.25) is 0 Å². The van der Waals surface area contributed by atoms with E-state index in [1.165, 1.54) is 0 Å². The monoisotopic (exact) mass is 397 g/mol. The van der Waals surface area contributed by atoms with Crippen molar-refractivity contribution in [3.63, 3.8) is 0 Å². The Labute approximate surface area is 169 Å². The molecule has 5 rings (SSSR count). The average Bonchev–Trinajstić information content (AvgIpc) is 3.09. The van der Waals surface area contributed by atoms with Crippen LogP contribution in [0.5, 0.6) is 0 Å². The first-order chi connectivity index (χ1) is 14.0. The molecule has 0 spiro atoms. The summed E-state index contributed by atoms with van der Waals surface area (Å²) in [6, 6.07) is 0.494. The second kappa shape index (κ2) is 6.72. The van der Waals surface area contributed by atoms with Crippen molar-refractivity contribution in [3.05, 3.63) is 18.0 Å².